The van der Waals surface area contributed by atoms with Crippen molar-refractivity contribution in [3.8, 4) is 0 Å². The van der Waals surface area contributed by atoms with Crippen molar-refractivity contribution >= 4 is 11.8 Å². The predicted octanol–water partition coefficient (Wildman–Crippen LogP) is 2.87. The monoisotopic (exact) mass is 214 g/mol. The number of carbonyl (C=O) groups is 2. The van der Waals surface area contributed by atoms with E-state index in [2.05, 4.69) is 6.92 Å². The van der Waals surface area contributed by atoms with E-state index in [-0.39, 0.29) is 24.3 Å². The van der Waals surface area contributed by atoms with E-state index in [9.17, 15) is 9.59 Å². The van der Waals surface area contributed by atoms with Crippen molar-refractivity contribution in [1.29, 1.82) is 0 Å². The van der Waals surface area contributed by atoms with Gasteiger partial charge in [-0.15, -0.1) is 0 Å². The van der Waals surface area contributed by atoms with E-state index in [1.165, 1.54) is 0 Å². The lowest BCUT2D eigenvalue weighted by molar-refractivity contribution is -0.148. The Hall–Kier alpha value is -0.860. The Bertz CT molecular complexity index is 197. The molecule has 0 saturated carbocycles. The van der Waals surface area contributed by atoms with E-state index < -0.39 is 0 Å². The summed E-state index contributed by atoms with van der Waals surface area (Å²) in [4.78, 5) is 22.4. The summed E-state index contributed by atoms with van der Waals surface area (Å²) in [5.74, 6) is -0.0991. The van der Waals surface area contributed by atoms with Gasteiger partial charge in [0.05, 0.1) is 12.5 Å². The summed E-state index contributed by atoms with van der Waals surface area (Å²) in [6, 6.07) is 0. The zero-order valence-corrected chi connectivity index (χ0v) is 10.0. The molecule has 0 saturated heterocycles. The number of unbranched alkanes of at least 4 members (excludes halogenated alkanes) is 2. The number of hydrogen-bond donors (Lipinski definition) is 0. The second-order valence-corrected chi connectivity index (χ2v) is 4.03. The van der Waals surface area contributed by atoms with Gasteiger partial charge in [-0.05, 0) is 20.3 Å². The van der Waals surface area contributed by atoms with Gasteiger partial charge in [-0.1, -0.05) is 19.8 Å². The van der Waals surface area contributed by atoms with Crippen LogP contribution in [0.4, 0.5) is 0 Å². The second kappa shape index (κ2) is 8.45. The number of hydrogen-bond acceptors (Lipinski definition) is 3. The predicted molar refractivity (Wildman–Crippen MR) is 59.6 cm³/mol. The van der Waals surface area contributed by atoms with Crippen LogP contribution < -0.4 is 0 Å². The van der Waals surface area contributed by atoms with Crippen LogP contribution in [0.25, 0.3) is 0 Å². The van der Waals surface area contributed by atoms with Crippen LogP contribution in [0.3, 0.4) is 0 Å². The molecule has 0 radical (unpaired) electrons. The molecule has 0 fully saturated rings. The van der Waals surface area contributed by atoms with E-state index in [1.807, 2.05) is 0 Å². The summed E-state index contributed by atoms with van der Waals surface area (Å²) in [6.45, 7) is 5.71. The molecule has 0 bridgehead atoms. The van der Waals surface area contributed by atoms with Crippen molar-refractivity contribution in [3.63, 3.8) is 0 Å². The third-order valence-electron chi connectivity index (χ3n) is 2.03. The van der Waals surface area contributed by atoms with E-state index >= 15 is 0 Å². The van der Waals surface area contributed by atoms with Crippen molar-refractivity contribution in [1.82, 2.24) is 0 Å². The van der Waals surface area contributed by atoms with Crippen LogP contribution in [0.1, 0.15) is 59.3 Å². The first-order chi connectivity index (χ1) is 7.06. The summed E-state index contributed by atoms with van der Waals surface area (Å²) in [6.07, 6.45) is 4.20. The van der Waals surface area contributed by atoms with Gasteiger partial charge < -0.3 is 4.74 Å². The Kier molecular flexibility index (Phi) is 7.96. The van der Waals surface area contributed by atoms with Gasteiger partial charge in [-0.25, -0.2) is 0 Å². The number of carbonyl (C=O) groups excluding carboxylic acids is 2. The van der Waals surface area contributed by atoms with Crippen LogP contribution in [-0.2, 0) is 14.3 Å². The molecule has 3 nitrogen and oxygen atoms in total. The van der Waals surface area contributed by atoms with Gasteiger partial charge in [0.15, 0.2) is 0 Å². The zero-order chi connectivity index (χ0) is 11.7. The fraction of sp³-hybridized carbons (Fsp3) is 0.833. The maximum atomic E-state index is 11.3. The fourth-order valence-electron chi connectivity index (χ4n) is 1.26. The zero-order valence-electron chi connectivity index (χ0n) is 10.0. The maximum Gasteiger partial charge on any atom is 0.306 e. The summed E-state index contributed by atoms with van der Waals surface area (Å²) in [5, 5.41) is 0. The normalized spacial score (nSPS) is 10.4. The van der Waals surface area contributed by atoms with Gasteiger partial charge >= 0.3 is 5.97 Å². The smallest absolute Gasteiger partial charge is 0.306 e. The molecule has 15 heavy (non-hydrogen) atoms. The average Bonchev–Trinajstić information content (AvgIpc) is 2.14. The van der Waals surface area contributed by atoms with Crippen LogP contribution in [0.5, 0.6) is 0 Å². The molecule has 0 aliphatic heterocycles. The molecule has 0 aliphatic carbocycles. The highest BCUT2D eigenvalue weighted by Gasteiger charge is 2.08. The molecular weight excluding hydrogens is 192 g/mol. The lowest BCUT2D eigenvalue weighted by atomic mass is 10.1. The lowest BCUT2D eigenvalue weighted by Gasteiger charge is -2.07. The molecule has 88 valence electrons. The Balaban J connectivity index is 3.49. The molecular formula is C12H22O3. The highest BCUT2D eigenvalue weighted by molar-refractivity contribution is 5.82. The van der Waals surface area contributed by atoms with Crippen LogP contribution >= 0.6 is 0 Å². The average molecular weight is 214 g/mol. The third-order valence-corrected chi connectivity index (χ3v) is 2.03. The third kappa shape index (κ3) is 9.44. The number of ketones is 1. The Morgan fingerprint density at radius 3 is 2.27 bits per heavy atom. The molecule has 0 aromatic carbocycles. The maximum absolute atomic E-state index is 11.3. The summed E-state index contributed by atoms with van der Waals surface area (Å²) < 4.78 is 4.94. The van der Waals surface area contributed by atoms with Gasteiger partial charge in [0.1, 0.15) is 5.78 Å². The molecule has 0 atom stereocenters. The fourth-order valence-corrected chi connectivity index (χ4v) is 1.26. The van der Waals surface area contributed by atoms with E-state index in [0.29, 0.717) is 12.8 Å². The minimum Gasteiger partial charge on any atom is -0.463 e. The van der Waals surface area contributed by atoms with Crippen LogP contribution in [0, 0.1) is 0 Å². The quantitative estimate of drug-likeness (QED) is 0.461. The molecule has 0 heterocycles. The highest BCUT2D eigenvalue weighted by atomic mass is 16.5. The highest BCUT2D eigenvalue weighted by Crippen LogP contribution is 2.05. The van der Waals surface area contributed by atoms with Crippen LogP contribution in [0.2, 0.25) is 0 Å². The Morgan fingerprint density at radius 1 is 1.07 bits per heavy atom. The van der Waals surface area contributed by atoms with Crippen molar-refractivity contribution in [2.45, 2.75) is 65.4 Å². The minimum atomic E-state index is -0.270. The van der Waals surface area contributed by atoms with Crippen molar-refractivity contribution in [2.75, 3.05) is 0 Å². The SMILES string of the molecule is CCCCCC(=O)CCC(=O)OC(C)C. The van der Waals surface area contributed by atoms with E-state index in [1.54, 1.807) is 13.8 Å². The first-order valence-electron chi connectivity index (χ1n) is 5.77. The van der Waals surface area contributed by atoms with Gasteiger partial charge in [0, 0.05) is 12.8 Å². The topological polar surface area (TPSA) is 43.4 Å². The summed E-state index contributed by atoms with van der Waals surface area (Å²) in [7, 11) is 0. The first-order valence-corrected chi connectivity index (χ1v) is 5.77. The summed E-state index contributed by atoms with van der Waals surface area (Å²) in [5.41, 5.74) is 0. The number of ether oxygens (including phenoxy) is 1. The number of rotatable bonds is 8. The van der Waals surface area contributed by atoms with Gasteiger partial charge in [-0.3, -0.25) is 9.59 Å². The molecule has 3 heteroatoms. The van der Waals surface area contributed by atoms with E-state index in [4.69, 9.17) is 4.74 Å². The molecule has 0 spiro atoms. The van der Waals surface area contributed by atoms with Crippen LogP contribution in [0.15, 0.2) is 0 Å². The van der Waals surface area contributed by atoms with Crippen molar-refractivity contribution in [2.24, 2.45) is 0 Å². The summed E-state index contributed by atoms with van der Waals surface area (Å²) >= 11 is 0. The minimum absolute atomic E-state index is 0.0901. The molecule has 0 unspecified atom stereocenters. The van der Waals surface area contributed by atoms with Gasteiger partial charge in [0.2, 0.25) is 0 Å². The van der Waals surface area contributed by atoms with Gasteiger partial charge in [-0.2, -0.15) is 0 Å². The molecule has 0 amide bonds. The van der Waals surface area contributed by atoms with Crippen LogP contribution in [-0.4, -0.2) is 17.9 Å². The second-order valence-electron chi connectivity index (χ2n) is 4.03. The molecule has 0 rings (SSSR count). The molecule has 0 N–H and O–H groups in total. The number of esters is 1. The van der Waals surface area contributed by atoms with E-state index in [0.717, 1.165) is 19.3 Å². The van der Waals surface area contributed by atoms with Gasteiger partial charge in [0.25, 0.3) is 0 Å². The molecule has 0 aliphatic rings. The Labute approximate surface area is 92.2 Å². The molecule has 0 aromatic heterocycles. The first kappa shape index (κ1) is 14.1. The largest absolute Gasteiger partial charge is 0.463 e. The van der Waals surface area contributed by atoms with Crippen molar-refractivity contribution < 1.29 is 14.3 Å². The molecule has 0 aromatic rings. The Morgan fingerprint density at radius 2 is 1.73 bits per heavy atom. The van der Waals surface area contributed by atoms with Crippen molar-refractivity contribution in [3.05, 3.63) is 0 Å². The number of Topliss-reactive ketones (excluding diaryl/α,β-unsaturated/α-hetero) is 1. The standard InChI is InChI=1S/C12H22O3/c1-4-5-6-7-11(13)8-9-12(14)15-10(2)3/h10H,4-9H2,1-3H3. The lowest BCUT2D eigenvalue weighted by Crippen LogP contribution is -2.12.